The Hall–Kier alpha value is 0.700. The highest BCUT2D eigenvalue weighted by Crippen LogP contribution is 2.25. The lowest BCUT2D eigenvalue weighted by Crippen LogP contribution is -2.22. The van der Waals surface area contributed by atoms with Gasteiger partial charge in [-0.1, -0.05) is 33.6 Å². The van der Waals surface area contributed by atoms with Crippen LogP contribution in [0.25, 0.3) is 0 Å². The van der Waals surface area contributed by atoms with Gasteiger partial charge in [0.2, 0.25) is 0 Å². The van der Waals surface area contributed by atoms with Crippen LogP contribution in [0.1, 0.15) is 40.0 Å². The van der Waals surface area contributed by atoms with Crippen molar-refractivity contribution in [3.8, 4) is 0 Å². The minimum atomic E-state index is 0.481. The molecule has 0 fully saturated rings. The first kappa shape index (κ1) is 11.7. The fourth-order valence-corrected chi connectivity index (χ4v) is 2.73. The number of thiol groups is 2. The molecule has 0 N–H and O–H groups in total. The Labute approximate surface area is 82.0 Å². The van der Waals surface area contributed by atoms with Crippen LogP contribution in [-0.2, 0) is 0 Å². The van der Waals surface area contributed by atoms with Gasteiger partial charge in [-0.3, -0.25) is 0 Å². The third-order valence-electron chi connectivity index (χ3n) is 2.17. The van der Waals surface area contributed by atoms with E-state index in [9.17, 15) is 0 Å². The molecule has 0 aromatic rings. The summed E-state index contributed by atoms with van der Waals surface area (Å²) < 4.78 is 0. The van der Waals surface area contributed by atoms with Crippen molar-refractivity contribution in [2.24, 2.45) is 5.92 Å². The summed E-state index contributed by atoms with van der Waals surface area (Å²) in [7, 11) is 0. The molecular formula is C9H20S2. The van der Waals surface area contributed by atoms with Gasteiger partial charge in [0.1, 0.15) is 0 Å². The molecule has 0 rings (SSSR count). The normalized spacial score (nSPS) is 19.4. The molecule has 0 aliphatic carbocycles. The minimum Gasteiger partial charge on any atom is -0.176 e. The summed E-state index contributed by atoms with van der Waals surface area (Å²) in [4.78, 5) is 0. The van der Waals surface area contributed by atoms with E-state index in [1.54, 1.807) is 0 Å². The molecule has 0 aliphatic heterocycles. The zero-order valence-electron chi connectivity index (χ0n) is 7.75. The zero-order valence-corrected chi connectivity index (χ0v) is 9.54. The molecule has 0 aromatic heterocycles. The van der Waals surface area contributed by atoms with E-state index in [1.807, 2.05) is 0 Å². The topological polar surface area (TPSA) is 0 Å². The highest BCUT2D eigenvalue weighted by molar-refractivity contribution is 7.81. The maximum Gasteiger partial charge on any atom is 0.00552 e. The summed E-state index contributed by atoms with van der Waals surface area (Å²) in [6.45, 7) is 6.59. The van der Waals surface area contributed by atoms with Crippen LogP contribution in [0.5, 0.6) is 0 Å². The van der Waals surface area contributed by atoms with Crippen molar-refractivity contribution in [3.63, 3.8) is 0 Å². The molecule has 3 atom stereocenters. The second kappa shape index (κ2) is 6.24. The van der Waals surface area contributed by atoms with Gasteiger partial charge in [-0.15, -0.1) is 0 Å². The third-order valence-corrected chi connectivity index (χ3v) is 3.19. The number of hydrogen-bond acceptors (Lipinski definition) is 2. The first-order valence-electron chi connectivity index (χ1n) is 4.49. The smallest absolute Gasteiger partial charge is 0.00552 e. The molecule has 0 saturated carbocycles. The molecule has 0 heterocycles. The second-order valence-electron chi connectivity index (χ2n) is 3.17. The van der Waals surface area contributed by atoms with E-state index in [0.29, 0.717) is 16.4 Å². The van der Waals surface area contributed by atoms with Crippen molar-refractivity contribution in [3.05, 3.63) is 0 Å². The minimum absolute atomic E-state index is 0.481. The molecule has 0 bridgehead atoms. The molecule has 0 saturated heterocycles. The molecular weight excluding hydrogens is 172 g/mol. The van der Waals surface area contributed by atoms with Crippen molar-refractivity contribution in [1.29, 1.82) is 0 Å². The number of rotatable bonds is 5. The van der Waals surface area contributed by atoms with Gasteiger partial charge >= 0.3 is 0 Å². The highest BCUT2D eigenvalue weighted by atomic mass is 32.1. The monoisotopic (exact) mass is 192 g/mol. The van der Waals surface area contributed by atoms with E-state index in [4.69, 9.17) is 0 Å². The van der Waals surface area contributed by atoms with Crippen molar-refractivity contribution in [2.45, 2.75) is 50.5 Å². The largest absolute Gasteiger partial charge is 0.176 e. The molecule has 68 valence electrons. The fourth-order valence-electron chi connectivity index (χ4n) is 1.44. The Balaban J connectivity index is 3.81. The summed E-state index contributed by atoms with van der Waals surface area (Å²) >= 11 is 9.03. The lowest BCUT2D eigenvalue weighted by Gasteiger charge is -2.24. The van der Waals surface area contributed by atoms with Crippen molar-refractivity contribution in [1.82, 2.24) is 0 Å². The highest BCUT2D eigenvalue weighted by Gasteiger charge is 2.18. The van der Waals surface area contributed by atoms with E-state index in [0.717, 1.165) is 0 Å². The van der Waals surface area contributed by atoms with Crippen LogP contribution in [0.15, 0.2) is 0 Å². The van der Waals surface area contributed by atoms with Crippen molar-refractivity contribution in [2.75, 3.05) is 0 Å². The molecule has 0 amide bonds. The molecule has 0 aliphatic rings. The standard InChI is InChI=1S/C9H20S2/c1-4-6-9(11)8(5-2)7(3)10/h7-11H,4-6H2,1-3H3. The van der Waals surface area contributed by atoms with Crippen molar-refractivity contribution >= 4 is 25.3 Å². The van der Waals surface area contributed by atoms with Crippen LogP contribution >= 0.6 is 25.3 Å². The predicted octanol–water partition coefficient (Wildman–Crippen LogP) is 3.43. The molecule has 3 unspecified atom stereocenters. The number of hydrogen-bond donors (Lipinski definition) is 2. The SMILES string of the molecule is CCCC(S)C(CC)C(C)S. The molecule has 0 radical (unpaired) electrons. The first-order chi connectivity index (χ1) is 5.13. The van der Waals surface area contributed by atoms with Gasteiger partial charge in [-0.25, -0.2) is 0 Å². The Morgan fingerprint density at radius 2 is 1.73 bits per heavy atom. The first-order valence-corrected chi connectivity index (χ1v) is 5.52. The third kappa shape index (κ3) is 4.32. The average Bonchev–Trinajstić information content (AvgIpc) is 1.88. The Kier molecular flexibility index (Phi) is 6.64. The van der Waals surface area contributed by atoms with E-state index >= 15 is 0 Å². The lowest BCUT2D eigenvalue weighted by molar-refractivity contribution is 0.466. The molecule has 2 heteroatoms. The fraction of sp³-hybridized carbons (Fsp3) is 1.00. The summed E-state index contributed by atoms with van der Waals surface area (Å²) in [5.41, 5.74) is 0. The van der Waals surface area contributed by atoms with Crippen molar-refractivity contribution < 1.29 is 0 Å². The summed E-state index contributed by atoms with van der Waals surface area (Å²) in [5.74, 6) is 0.668. The van der Waals surface area contributed by atoms with Crippen LogP contribution in [-0.4, -0.2) is 10.5 Å². The van der Waals surface area contributed by atoms with Gasteiger partial charge in [0.05, 0.1) is 0 Å². The summed E-state index contributed by atoms with van der Waals surface area (Å²) in [6.07, 6.45) is 3.64. The van der Waals surface area contributed by atoms with Gasteiger partial charge in [0, 0.05) is 10.5 Å². The molecule has 11 heavy (non-hydrogen) atoms. The molecule has 0 nitrogen and oxygen atoms in total. The van der Waals surface area contributed by atoms with E-state index in [-0.39, 0.29) is 0 Å². The zero-order chi connectivity index (χ0) is 8.85. The Morgan fingerprint density at radius 1 is 1.18 bits per heavy atom. The van der Waals surface area contributed by atoms with Gasteiger partial charge < -0.3 is 0 Å². The van der Waals surface area contributed by atoms with Crippen LogP contribution in [0, 0.1) is 5.92 Å². The molecule has 0 aromatic carbocycles. The maximum absolute atomic E-state index is 4.58. The van der Waals surface area contributed by atoms with E-state index < -0.39 is 0 Å². The van der Waals surface area contributed by atoms with Crippen LogP contribution in [0.3, 0.4) is 0 Å². The summed E-state index contributed by atoms with van der Waals surface area (Å²) in [5, 5.41) is 1.02. The second-order valence-corrected chi connectivity index (χ2v) is 4.65. The van der Waals surface area contributed by atoms with Gasteiger partial charge in [-0.05, 0) is 12.3 Å². The Morgan fingerprint density at radius 3 is 2.00 bits per heavy atom. The Bertz CT molecular complexity index is 91.6. The lowest BCUT2D eigenvalue weighted by atomic mass is 9.96. The van der Waals surface area contributed by atoms with Gasteiger partial charge in [0.25, 0.3) is 0 Å². The summed E-state index contributed by atoms with van der Waals surface area (Å²) in [6, 6.07) is 0. The van der Waals surface area contributed by atoms with Gasteiger partial charge in [-0.2, -0.15) is 25.3 Å². The van der Waals surface area contributed by atoms with E-state index in [2.05, 4.69) is 46.0 Å². The van der Waals surface area contributed by atoms with Crippen LogP contribution in [0.2, 0.25) is 0 Å². The average molecular weight is 192 g/mol. The van der Waals surface area contributed by atoms with Crippen LogP contribution < -0.4 is 0 Å². The van der Waals surface area contributed by atoms with Gasteiger partial charge in [0.15, 0.2) is 0 Å². The van der Waals surface area contributed by atoms with E-state index in [1.165, 1.54) is 19.3 Å². The predicted molar refractivity (Wildman–Crippen MR) is 59.9 cm³/mol. The quantitative estimate of drug-likeness (QED) is 0.613. The maximum atomic E-state index is 4.58. The molecule has 0 spiro atoms. The van der Waals surface area contributed by atoms with Crippen LogP contribution in [0.4, 0.5) is 0 Å².